The molecule has 2 nitrogen and oxygen atoms in total. The number of rotatable bonds is 5. The van der Waals surface area contributed by atoms with Gasteiger partial charge in [-0.15, -0.1) is 6.58 Å². The van der Waals surface area contributed by atoms with Crippen LogP contribution in [0, 0.1) is 5.92 Å². The first-order valence-electron chi connectivity index (χ1n) is 5.98. The molecule has 0 aliphatic carbocycles. The molecule has 0 heterocycles. The number of aliphatic imine (C=N–C) groups is 1. The van der Waals surface area contributed by atoms with Gasteiger partial charge in [-0.3, -0.25) is 0 Å². The van der Waals surface area contributed by atoms with E-state index in [1.165, 1.54) is 11.1 Å². The molecule has 0 aromatic heterocycles. The van der Waals surface area contributed by atoms with Gasteiger partial charge in [0.2, 0.25) is 0 Å². The fourth-order valence-corrected chi connectivity index (χ4v) is 1.25. The second kappa shape index (κ2) is 7.88. The molecule has 0 aromatic carbocycles. The third-order valence-corrected chi connectivity index (χ3v) is 2.76. The van der Waals surface area contributed by atoms with Gasteiger partial charge in [0.15, 0.2) is 5.90 Å². The van der Waals surface area contributed by atoms with Crippen molar-refractivity contribution in [2.24, 2.45) is 10.9 Å². The van der Waals surface area contributed by atoms with Crippen molar-refractivity contribution in [3.63, 3.8) is 0 Å². The predicted octanol–water partition coefficient (Wildman–Crippen LogP) is 4.50. The van der Waals surface area contributed by atoms with E-state index in [1.807, 2.05) is 13.0 Å². The Bertz CT molecular complexity index is 344. The van der Waals surface area contributed by atoms with Gasteiger partial charge < -0.3 is 4.74 Å². The van der Waals surface area contributed by atoms with Crippen LogP contribution < -0.4 is 0 Å². The Balaban J connectivity index is 5.25. The highest BCUT2D eigenvalue weighted by atomic mass is 16.5. The average molecular weight is 235 g/mol. The maximum absolute atomic E-state index is 5.12. The van der Waals surface area contributed by atoms with Crippen molar-refractivity contribution in [1.82, 2.24) is 0 Å². The molecule has 0 saturated carbocycles. The molecule has 0 rings (SSSR count). The monoisotopic (exact) mass is 235 g/mol. The number of hydrogen-bond acceptors (Lipinski definition) is 2. The summed E-state index contributed by atoms with van der Waals surface area (Å²) in [5, 5.41) is 0. The molecule has 0 bridgehead atoms. The standard InChI is InChI=1S/C15H25NO/c1-8-9-12(4)15(16-14(6)17-7)10-13(5)11(2)3/h8,10,12H,1,9H2,2-7H3/b15-10+,16-14-. The maximum atomic E-state index is 5.12. The van der Waals surface area contributed by atoms with Crippen molar-refractivity contribution in [2.45, 2.75) is 41.0 Å². The molecule has 96 valence electrons. The van der Waals surface area contributed by atoms with Gasteiger partial charge in [0.05, 0.1) is 7.11 Å². The first-order valence-corrected chi connectivity index (χ1v) is 5.98. The summed E-state index contributed by atoms with van der Waals surface area (Å²) in [6.07, 6.45) is 4.97. The molecule has 17 heavy (non-hydrogen) atoms. The largest absolute Gasteiger partial charge is 0.484 e. The zero-order chi connectivity index (χ0) is 13.4. The van der Waals surface area contributed by atoms with Crippen LogP contribution in [0.4, 0.5) is 0 Å². The SMILES string of the molecule is C=CCC(C)C(=C\C(C)=C(C)C)/N=C(/C)OC. The summed E-state index contributed by atoms with van der Waals surface area (Å²) in [6.45, 7) is 14.1. The van der Waals surface area contributed by atoms with E-state index in [0.717, 1.165) is 12.1 Å². The molecular formula is C15H25NO. The summed E-state index contributed by atoms with van der Waals surface area (Å²) in [5.74, 6) is 1.04. The molecule has 0 radical (unpaired) electrons. The Morgan fingerprint density at radius 3 is 2.29 bits per heavy atom. The topological polar surface area (TPSA) is 21.6 Å². The zero-order valence-corrected chi connectivity index (χ0v) is 12.0. The molecule has 0 N–H and O–H groups in total. The Kier molecular flexibility index (Phi) is 7.27. The zero-order valence-electron chi connectivity index (χ0n) is 12.0. The number of hydrogen-bond donors (Lipinski definition) is 0. The molecule has 0 amide bonds. The van der Waals surface area contributed by atoms with Crippen LogP contribution in [0.2, 0.25) is 0 Å². The highest BCUT2D eigenvalue weighted by molar-refractivity contribution is 5.74. The van der Waals surface area contributed by atoms with Crippen LogP contribution in [0.1, 0.15) is 41.0 Å². The third kappa shape index (κ3) is 6.10. The Morgan fingerprint density at radius 1 is 1.29 bits per heavy atom. The average Bonchev–Trinajstić information content (AvgIpc) is 2.27. The second-order valence-electron chi connectivity index (χ2n) is 4.51. The van der Waals surface area contributed by atoms with E-state index in [4.69, 9.17) is 4.74 Å². The number of methoxy groups -OCH3 is 1. The quantitative estimate of drug-likeness (QED) is 0.297. The van der Waals surface area contributed by atoms with E-state index >= 15 is 0 Å². The molecule has 0 aromatic rings. The molecular weight excluding hydrogens is 210 g/mol. The van der Waals surface area contributed by atoms with Gasteiger partial charge in [-0.2, -0.15) is 0 Å². The number of ether oxygens (including phenoxy) is 1. The fourth-order valence-electron chi connectivity index (χ4n) is 1.25. The molecule has 0 saturated heterocycles. The van der Waals surface area contributed by atoms with Crippen molar-refractivity contribution in [3.05, 3.63) is 35.6 Å². The van der Waals surface area contributed by atoms with Gasteiger partial charge in [-0.1, -0.05) is 24.1 Å². The van der Waals surface area contributed by atoms with E-state index < -0.39 is 0 Å². The summed E-state index contributed by atoms with van der Waals surface area (Å²) in [4.78, 5) is 4.51. The van der Waals surface area contributed by atoms with Crippen molar-refractivity contribution in [2.75, 3.05) is 7.11 Å². The Morgan fingerprint density at radius 2 is 1.88 bits per heavy atom. The van der Waals surface area contributed by atoms with Crippen molar-refractivity contribution < 1.29 is 4.74 Å². The van der Waals surface area contributed by atoms with Gasteiger partial charge >= 0.3 is 0 Å². The molecule has 0 aliphatic rings. The minimum atomic E-state index is 0.354. The van der Waals surface area contributed by atoms with E-state index in [2.05, 4.69) is 45.3 Å². The number of nitrogens with zero attached hydrogens (tertiary/aromatic N) is 1. The Hall–Kier alpha value is -1.31. The van der Waals surface area contributed by atoms with Gasteiger partial charge in [0, 0.05) is 18.5 Å². The Labute approximate surface area is 106 Å². The van der Waals surface area contributed by atoms with E-state index in [-0.39, 0.29) is 0 Å². The van der Waals surface area contributed by atoms with Gasteiger partial charge in [-0.05, 0) is 33.3 Å². The fraction of sp³-hybridized carbons (Fsp3) is 0.533. The molecule has 1 unspecified atom stereocenters. The molecule has 2 heteroatoms. The van der Waals surface area contributed by atoms with Crippen LogP contribution in [0.3, 0.4) is 0 Å². The molecule has 0 aliphatic heterocycles. The van der Waals surface area contributed by atoms with Gasteiger partial charge in [0.1, 0.15) is 0 Å². The van der Waals surface area contributed by atoms with Crippen LogP contribution in [-0.4, -0.2) is 13.0 Å². The van der Waals surface area contributed by atoms with Crippen molar-refractivity contribution in [1.29, 1.82) is 0 Å². The van der Waals surface area contributed by atoms with Crippen LogP contribution >= 0.6 is 0 Å². The maximum Gasteiger partial charge on any atom is 0.184 e. The minimum Gasteiger partial charge on any atom is -0.484 e. The minimum absolute atomic E-state index is 0.354. The normalized spacial score (nSPS) is 14.2. The second-order valence-corrected chi connectivity index (χ2v) is 4.51. The van der Waals surface area contributed by atoms with E-state index in [9.17, 15) is 0 Å². The summed E-state index contributed by atoms with van der Waals surface area (Å²) < 4.78 is 5.12. The highest BCUT2D eigenvalue weighted by Gasteiger charge is 2.07. The first-order chi connectivity index (χ1) is 7.92. The lowest BCUT2D eigenvalue weighted by molar-refractivity contribution is 0.398. The van der Waals surface area contributed by atoms with Crippen molar-refractivity contribution >= 4 is 5.90 Å². The highest BCUT2D eigenvalue weighted by Crippen LogP contribution is 2.20. The van der Waals surface area contributed by atoms with E-state index in [0.29, 0.717) is 11.8 Å². The van der Waals surface area contributed by atoms with Gasteiger partial charge in [0.25, 0.3) is 0 Å². The summed E-state index contributed by atoms with van der Waals surface area (Å²) >= 11 is 0. The number of allylic oxidation sites excluding steroid dienone is 5. The van der Waals surface area contributed by atoms with E-state index in [1.54, 1.807) is 7.11 Å². The van der Waals surface area contributed by atoms with Crippen LogP contribution in [-0.2, 0) is 4.74 Å². The van der Waals surface area contributed by atoms with Crippen LogP contribution in [0.5, 0.6) is 0 Å². The van der Waals surface area contributed by atoms with Crippen molar-refractivity contribution in [3.8, 4) is 0 Å². The smallest absolute Gasteiger partial charge is 0.184 e. The molecule has 0 spiro atoms. The first kappa shape index (κ1) is 15.7. The summed E-state index contributed by atoms with van der Waals surface area (Å²) in [5.41, 5.74) is 3.60. The lowest BCUT2D eigenvalue weighted by atomic mass is 10.0. The van der Waals surface area contributed by atoms with Crippen LogP contribution in [0.15, 0.2) is 40.6 Å². The van der Waals surface area contributed by atoms with Gasteiger partial charge in [-0.25, -0.2) is 4.99 Å². The lowest BCUT2D eigenvalue weighted by Gasteiger charge is -2.12. The lowest BCUT2D eigenvalue weighted by Crippen LogP contribution is -2.02. The summed E-state index contributed by atoms with van der Waals surface area (Å²) in [6, 6.07) is 0. The molecule has 0 fully saturated rings. The molecule has 1 atom stereocenters. The third-order valence-electron chi connectivity index (χ3n) is 2.76. The van der Waals surface area contributed by atoms with Crippen LogP contribution in [0.25, 0.3) is 0 Å². The summed E-state index contributed by atoms with van der Waals surface area (Å²) in [7, 11) is 1.64. The predicted molar refractivity (Wildman–Crippen MR) is 76.2 cm³/mol.